The van der Waals surface area contributed by atoms with E-state index in [-0.39, 0.29) is 18.1 Å². The van der Waals surface area contributed by atoms with Crippen LogP contribution in [0.15, 0.2) is 40.8 Å². The van der Waals surface area contributed by atoms with Gasteiger partial charge in [0.25, 0.3) is 5.91 Å². The lowest BCUT2D eigenvalue weighted by atomic mass is 9.84. The summed E-state index contributed by atoms with van der Waals surface area (Å²) >= 11 is 6.02. The molecule has 1 saturated heterocycles. The van der Waals surface area contributed by atoms with E-state index in [0.717, 1.165) is 37.9 Å². The summed E-state index contributed by atoms with van der Waals surface area (Å²) in [6.45, 7) is 5.25. The molecule has 6 heteroatoms. The van der Waals surface area contributed by atoms with Gasteiger partial charge in [0.1, 0.15) is 16.9 Å². The Morgan fingerprint density at radius 3 is 2.48 bits per heavy atom. The van der Waals surface area contributed by atoms with Gasteiger partial charge >= 0.3 is 0 Å². The summed E-state index contributed by atoms with van der Waals surface area (Å²) in [6.07, 6.45) is 3.36. The Bertz CT molecular complexity index is 1190. The number of piperidine rings is 1. The first-order valence-corrected chi connectivity index (χ1v) is 11.1. The molecule has 0 unspecified atom stereocenters. The molecule has 1 amide bonds. The number of amides is 1. The van der Waals surface area contributed by atoms with Crippen LogP contribution in [0.25, 0.3) is 11.0 Å². The zero-order chi connectivity index (χ0) is 21.8. The normalized spacial score (nSPS) is 21.1. The van der Waals surface area contributed by atoms with Crippen molar-refractivity contribution in [3.63, 3.8) is 0 Å². The average molecular weight is 438 g/mol. The van der Waals surface area contributed by atoms with Gasteiger partial charge in [-0.2, -0.15) is 0 Å². The SMILES string of the molecule is Cc1c(C(=O)N2CCCCC2)oc2ccc3c(c12)C(=O)C[C@](C)(c1ccc(Cl)cc1)O3. The van der Waals surface area contributed by atoms with Gasteiger partial charge in [0.05, 0.1) is 12.0 Å². The number of likely N-dealkylation sites (tertiary alicyclic amines) is 1. The summed E-state index contributed by atoms with van der Waals surface area (Å²) in [5.74, 6) is 0.716. The predicted octanol–water partition coefficient (Wildman–Crippen LogP) is 5.90. The lowest BCUT2D eigenvalue weighted by molar-refractivity contribution is 0.0507. The fourth-order valence-corrected chi connectivity index (χ4v) is 4.89. The third-order valence-corrected chi connectivity index (χ3v) is 6.71. The molecule has 0 bridgehead atoms. The second-order valence-corrected chi connectivity index (χ2v) is 9.10. The number of hydrogen-bond acceptors (Lipinski definition) is 4. The molecule has 0 radical (unpaired) electrons. The van der Waals surface area contributed by atoms with Gasteiger partial charge in [0, 0.05) is 29.1 Å². The summed E-state index contributed by atoms with van der Waals surface area (Å²) in [4.78, 5) is 28.2. The predicted molar refractivity (Wildman–Crippen MR) is 119 cm³/mol. The fraction of sp³-hybridized carbons (Fsp3) is 0.360. The van der Waals surface area contributed by atoms with Gasteiger partial charge < -0.3 is 14.1 Å². The number of ether oxygens (including phenoxy) is 1. The molecule has 160 valence electrons. The van der Waals surface area contributed by atoms with E-state index in [2.05, 4.69) is 0 Å². The third-order valence-electron chi connectivity index (χ3n) is 6.46. The van der Waals surface area contributed by atoms with Crippen molar-refractivity contribution in [1.82, 2.24) is 4.90 Å². The average Bonchev–Trinajstić information content (AvgIpc) is 3.10. The van der Waals surface area contributed by atoms with Crippen LogP contribution >= 0.6 is 11.6 Å². The molecule has 2 aliphatic rings. The number of nitrogens with zero attached hydrogens (tertiary/aromatic N) is 1. The Kier molecular flexibility index (Phi) is 4.82. The Morgan fingerprint density at radius 2 is 1.77 bits per heavy atom. The van der Waals surface area contributed by atoms with Gasteiger partial charge in [-0.15, -0.1) is 0 Å². The van der Waals surface area contributed by atoms with Crippen LogP contribution in [0.5, 0.6) is 5.75 Å². The maximum atomic E-state index is 13.3. The summed E-state index contributed by atoms with van der Waals surface area (Å²) < 4.78 is 12.3. The van der Waals surface area contributed by atoms with Crippen molar-refractivity contribution >= 4 is 34.3 Å². The van der Waals surface area contributed by atoms with Crippen molar-refractivity contribution in [2.75, 3.05) is 13.1 Å². The molecule has 1 aromatic heterocycles. The smallest absolute Gasteiger partial charge is 0.289 e. The van der Waals surface area contributed by atoms with E-state index in [4.69, 9.17) is 20.8 Å². The number of benzene rings is 2. The Morgan fingerprint density at radius 1 is 1.06 bits per heavy atom. The first-order valence-electron chi connectivity index (χ1n) is 10.7. The molecule has 0 saturated carbocycles. The maximum Gasteiger partial charge on any atom is 0.289 e. The molecular formula is C25H24ClNO4. The highest BCUT2D eigenvalue weighted by Crippen LogP contribution is 2.44. The van der Waals surface area contributed by atoms with E-state index < -0.39 is 5.60 Å². The standard InChI is InChI=1S/C25H24ClNO4/c1-15-21-19(30-23(15)24(29)27-12-4-3-5-13-27)10-11-20-22(21)18(28)14-25(2,31-20)16-6-8-17(26)9-7-16/h6-11H,3-5,12-14H2,1-2H3/t25-/m1/s1. The van der Waals surface area contributed by atoms with Crippen LogP contribution in [0, 0.1) is 6.92 Å². The molecule has 2 aromatic carbocycles. The topological polar surface area (TPSA) is 59.8 Å². The van der Waals surface area contributed by atoms with Gasteiger partial charge in [-0.1, -0.05) is 23.7 Å². The molecule has 5 nitrogen and oxygen atoms in total. The first kappa shape index (κ1) is 20.1. The highest BCUT2D eigenvalue weighted by molar-refractivity contribution is 6.30. The highest BCUT2D eigenvalue weighted by atomic mass is 35.5. The number of carbonyl (C=O) groups is 2. The van der Waals surface area contributed by atoms with Crippen molar-refractivity contribution in [3.8, 4) is 5.75 Å². The first-order chi connectivity index (χ1) is 14.9. The number of hydrogen-bond donors (Lipinski definition) is 0. The van der Waals surface area contributed by atoms with E-state index in [1.807, 2.05) is 30.9 Å². The van der Waals surface area contributed by atoms with Crippen LogP contribution in [0.4, 0.5) is 0 Å². The Hall–Kier alpha value is -2.79. The van der Waals surface area contributed by atoms with Gasteiger partial charge in [-0.25, -0.2) is 0 Å². The number of ketones is 1. The number of aryl methyl sites for hydroxylation is 1. The maximum absolute atomic E-state index is 13.3. The molecular weight excluding hydrogens is 414 g/mol. The Balaban J connectivity index is 1.56. The summed E-state index contributed by atoms with van der Waals surface area (Å²) in [6, 6.07) is 10.9. The number of carbonyl (C=O) groups excluding carboxylic acids is 2. The fourth-order valence-electron chi connectivity index (χ4n) is 4.77. The minimum absolute atomic E-state index is 0.0230. The largest absolute Gasteiger partial charge is 0.482 e. The number of halogens is 1. The number of rotatable bonds is 2. The summed E-state index contributed by atoms with van der Waals surface area (Å²) in [5, 5.41) is 1.32. The van der Waals surface area contributed by atoms with E-state index >= 15 is 0 Å². The number of Topliss-reactive ketones (excluding diaryl/α,β-unsaturated/α-hetero) is 1. The second-order valence-electron chi connectivity index (χ2n) is 8.66. The lowest BCUT2D eigenvalue weighted by Gasteiger charge is -2.35. The summed E-state index contributed by atoms with van der Waals surface area (Å²) in [7, 11) is 0. The quantitative estimate of drug-likeness (QED) is 0.500. The van der Waals surface area contributed by atoms with Crippen LogP contribution < -0.4 is 4.74 Å². The molecule has 0 spiro atoms. The van der Waals surface area contributed by atoms with E-state index in [1.54, 1.807) is 24.3 Å². The number of furan rings is 1. The minimum atomic E-state index is -0.785. The van der Waals surface area contributed by atoms with Crippen LogP contribution in [-0.2, 0) is 5.60 Å². The highest BCUT2D eigenvalue weighted by Gasteiger charge is 2.40. The molecule has 1 fully saturated rings. The van der Waals surface area contributed by atoms with Crippen LogP contribution in [0.2, 0.25) is 5.02 Å². The second kappa shape index (κ2) is 7.41. The molecule has 0 N–H and O–H groups in total. The molecule has 3 aromatic rings. The Labute approximate surface area is 185 Å². The molecule has 3 heterocycles. The van der Waals surface area contributed by atoms with E-state index in [0.29, 0.717) is 38.6 Å². The van der Waals surface area contributed by atoms with Gasteiger partial charge in [-0.05, 0) is 62.9 Å². The monoisotopic (exact) mass is 437 g/mol. The van der Waals surface area contributed by atoms with Crippen molar-refractivity contribution in [1.29, 1.82) is 0 Å². The molecule has 2 aliphatic heterocycles. The van der Waals surface area contributed by atoms with Crippen LogP contribution in [0.3, 0.4) is 0 Å². The van der Waals surface area contributed by atoms with Gasteiger partial charge in [-0.3, -0.25) is 9.59 Å². The molecule has 5 rings (SSSR count). The van der Waals surface area contributed by atoms with Crippen molar-refractivity contribution in [2.24, 2.45) is 0 Å². The van der Waals surface area contributed by atoms with Gasteiger partial charge in [0.2, 0.25) is 0 Å². The van der Waals surface area contributed by atoms with Crippen molar-refractivity contribution < 1.29 is 18.7 Å². The van der Waals surface area contributed by atoms with Crippen molar-refractivity contribution in [3.05, 3.63) is 63.9 Å². The minimum Gasteiger partial charge on any atom is -0.482 e. The zero-order valence-electron chi connectivity index (χ0n) is 17.7. The number of fused-ring (bicyclic) bond motifs is 3. The third kappa shape index (κ3) is 3.32. The molecule has 0 aliphatic carbocycles. The summed E-state index contributed by atoms with van der Waals surface area (Å²) in [5.41, 5.74) is 1.86. The van der Waals surface area contributed by atoms with Crippen molar-refractivity contribution in [2.45, 2.75) is 45.1 Å². The lowest BCUT2D eigenvalue weighted by Crippen LogP contribution is -2.36. The van der Waals surface area contributed by atoms with Gasteiger partial charge in [0.15, 0.2) is 11.5 Å². The van der Waals surface area contributed by atoms with Crippen LogP contribution in [0.1, 0.15) is 64.6 Å². The zero-order valence-corrected chi connectivity index (χ0v) is 18.4. The van der Waals surface area contributed by atoms with E-state index in [9.17, 15) is 9.59 Å². The van der Waals surface area contributed by atoms with E-state index in [1.165, 1.54) is 0 Å². The molecule has 1 atom stereocenters. The van der Waals surface area contributed by atoms with Crippen LogP contribution in [-0.4, -0.2) is 29.7 Å². The molecule has 31 heavy (non-hydrogen) atoms.